The number of fused-ring (bicyclic) bond motifs is 3. The highest BCUT2D eigenvalue weighted by molar-refractivity contribution is 6.06. The predicted molar refractivity (Wildman–Crippen MR) is 132 cm³/mol. The molecule has 0 radical (unpaired) electrons. The van der Waals surface area contributed by atoms with Crippen LogP contribution in [-0.4, -0.2) is 46.5 Å². The minimum absolute atomic E-state index is 0.110. The summed E-state index contributed by atoms with van der Waals surface area (Å²) >= 11 is 0. The Labute approximate surface area is 201 Å². The zero-order valence-corrected chi connectivity index (χ0v) is 19.3. The Balaban J connectivity index is 1.47. The lowest BCUT2D eigenvalue weighted by Gasteiger charge is -2.10. The van der Waals surface area contributed by atoms with Gasteiger partial charge in [0.15, 0.2) is 5.65 Å². The molecule has 9 heteroatoms. The highest BCUT2D eigenvalue weighted by atomic mass is 16.5. The third-order valence-corrected chi connectivity index (χ3v) is 5.58. The highest BCUT2D eigenvalue weighted by Gasteiger charge is 2.17. The van der Waals surface area contributed by atoms with Gasteiger partial charge in [0.05, 0.1) is 26.3 Å². The van der Waals surface area contributed by atoms with Crippen LogP contribution >= 0.6 is 0 Å². The van der Waals surface area contributed by atoms with Crippen molar-refractivity contribution in [1.29, 1.82) is 0 Å². The lowest BCUT2D eigenvalue weighted by Crippen LogP contribution is -2.15. The van der Waals surface area contributed by atoms with E-state index >= 15 is 0 Å². The predicted octanol–water partition coefficient (Wildman–Crippen LogP) is 4.33. The monoisotopic (exact) mass is 469 g/mol. The number of carbonyl (C=O) groups is 1. The molecule has 0 atom stereocenters. The summed E-state index contributed by atoms with van der Waals surface area (Å²) in [6.45, 7) is 0.943. The highest BCUT2D eigenvalue weighted by Crippen LogP contribution is 2.30. The number of anilines is 1. The molecular formula is C26H23N5O4. The first-order valence-corrected chi connectivity index (χ1v) is 11.0. The summed E-state index contributed by atoms with van der Waals surface area (Å²) in [6, 6.07) is 22.1. The Morgan fingerprint density at radius 3 is 2.37 bits per heavy atom. The number of rotatable bonds is 8. The molecule has 35 heavy (non-hydrogen) atoms. The van der Waals surface area contributed by atoms with Gasteiger partial charge in [0.25, 0.3) is 11.9 Å². The Morgan fingerprint density at radius 1 is 0.886 bits per heavy atom. The lowest BCUT2D eigenvalue weighted by molar-refractivity contribution is 0.102. The van der Waals surface area contributed by atoms with Crippen molar-refractivity contribution in [3.05, 3.63) is 78.4 Å². The zero-order valence-electron chi connectivity index (χ0n) is 19.3. The number of aromatic nitrogens is 4. The number of nitrogens with one attached hydrogen (secondary N) is 1. The van der Waals surface area contributed by atoms with E-state index in [0.29, 0.717) is 41.4 Å². The van der Waals surface area contributed by atoms with E-state index in [0.717, 1.165) is 16.7 Å². The molecular weight excluding hydrogens is 446 g/mol. The van der Waals surface area contributed by atoms with Crippen molar-refractivity contribution in [1.82, 2.24) is 19.7 Å². The van der Waals surface area contributed by atoms with Crippen molar-refractivity contribution >= 4 is 33.9 Å². The summed E-state index contributed by atoms with van der Waals surface area (Å²) in [5.41, 5.74) is 2.57. The van der Waals surface area contributed by atoms with Crippen molar-refractivity contribution < 1.29 is 19.0 Å². The van der Waals surface area contributed by atoms with Crippen LogP contribution in [0, 0.1) is 0 Å². The van der Waals surface area contributed by atoms with Crippen LogP contribution in [0.5, 0.6) is 17.2 Å². The van der Waals surface area contributed by atoms with Crippen molar-refractivity contribution in [2.45, 2.75) is 6.54 Å². The average molecular weight is 470 g/mol. The third-order valence-electron chi connectivity index (χ3n) is 5.58. The number of para-hydroxylation sites is 1. The summed E-state index contributed by atoms with van der Waals surface area (Å²) in [7, 11) is 3.19. The second-order valence-electron chi connectivity index (χ2n) is 7.69. The summed E-state index contributed by atoms with van der Waals surface area (Å²) in [4.78, 5) is 17.3. The molecule has 0 spiro atoms. The Bertz CT molecular complexity index is 1480. The number of carbonyl (C=O) groups excluding carboxylic acids is 1. The summed E-state index contributed by atoms with van der Waals surface area (Å²) in [5.74, 6) is 1.92. The molecule has 176 valence electrons. The topological polar surface area (TPSA) is 100 Å². The molecule has 9 nitrogen and oxygen atoms in total. The van der Waals surface area contributed by atoms with Gasteiger partial charge in [-0.25, -0.2) is 0 Å². The van der Waals surface area contributed by atoms with Crippen LogP contribution in [0.25, 0.3) is 22.1 Å². The molecule has 0 unspecified atom stereocenters. The fourth-order valence-corrected chi connectivity index (χ4v) is 3.83. The second kappa shape index (κ2) is 9.68. The molecule has 0 saturated carbocycles. The van der Waals surface area contributed by atoms with Gasteiger partial charge in [-0.3, -0.25) is 10.1 Å². The minimum atomic E-state index is -0.342. The Hall–Kier alpha value is -4.66. The maximum absolute atomic E-state index is 12.7. The molecule has 1 amide bonds. The van der Waals surface area contributed by atoms with Crippen LogP contribution in [0.1, 0.15) is 10.4 Å². The summed E-state index contributed by atoms with van der Waals surface area (Å²) in [5, 5.41) is 12.1. The molecule has 0 aliphatic rings. The first-order chi connectivity index (χ1) is 17.2. The van der Waals surface area contributed by atoms with E-state index in [1.54, 1.807) is 38.5 Å². The van der Waals surface area contributed by atoms with Gasteiger partial charge in [0.1, 0.15) is 29.4 Å². The van der Waals surface area contributed by atoms with E-state index in [4.69, 9.17) is 14.2 Å². The number of amides is 1. The minimum Gasteiger partial charge on any atom is -0.497 e. The lowest BCUT2D eigenvalue weighted by atomic mass is 10.2. The van der Waals surface area contributed by atoms with E-state index in [1.165, 1.54) is 0 Å². The largest absolute Gasteiger partial charge is 0.497 e. The molecule has 1 N–H and O–H groups in total. The third kappa shape index (κ3) is 4.56. The SMILES string of the molecule is COc1ccc(C(=O)Nc2nnc3c4cc(OC)ccc4n(CCOc4ccccc4)c3n2)cc1. The van der Waals surface area contributed by atoms with Gasteiger partial charge < -0.3 is 18.8 Å². The molecule has 5 aromatic rings. The molecule has 3 aromatic carbocycles. The van der Waals surface area contributed by atoms with Crippen molar-refractivity contribution in [2.24, 2.45) is 0 Å². The fraction of sp³-hybridized carbons (Fsp3) is 0.154. The smallest absolute Gasteiger partial charge is 0.258 e. The van der Waals surface area contributed by atoms with E-state index in [-0.39, 0.29) is 11.9 Å². The van der Waals surface area contributed by atoms with Gasteiger partial charge in [-0.2, -0.15) is 4.98 Å². The normalized spacial score (nSPS) is 10.9. The molecule has 0 saturated heterocycles. The van der Waals surface area contributed by atoms with E-state index in [2.05, 4.69) is 20.5 Å². The van der Waals surface area contributed by atoms with Crippen LogP contribution in [0.15, 0.2) is 72.8 Å². The number of methoxy groups -OCH3 is 2. The van der Waals surface area contributed by atoms with Crippen LogP contribution in [0.2, 0.25) is 0 Å². The van der Waals surface area contributed by atoms with Crippen molar-refractivity contribution in [3.8, 4) is 17.2 Å². The van der Waals surface area contributed by atoms with Crippen molar-refractivity contribution in [2.75, 3.05) is 26.1 Å². The molecule has 0 bridgehead atoms. The van der Waals surface area contributed by atoms with Crippen LogP contribution in [0.4, 0.5) is 5.95 Å². The Morgan fingerprint density at radius 2 is 1.63 bits per heavy atom. The first-order valence-electron chi connectivity index (χ1n) is 11.0. The number of nitrogens with zero attached hydrogens (tertiary/aromatic N) is 4. The van der Waals surface area contributed by atoms with Gasteiger partial charge in [0.2, 0.25) is 0 Å². The zero-order chi connectivity index (χ0) is 24.2. The van der Waals surface area contributed by atoms with Gasteiger partial charge in [-0.15, -0.1) is 10.2 Å². The maximum atomic E-state index is 12.7. The van der Waals surface area contributed by atoms with Gasteiger partial charge >= 0.3 is 0 Å². The van der Waals surface area contributed by atoms with Crippen LogP contribution in [0.3, 0.4) is 0 Å². The number of ether oxygens (including phenoxy) is 3. The molecule has 0 fully saturated rings. The van der Waals surface area contributed by atoms with Gasteiger partial charge in [0, 0.05) is 10.9 Å². The quantitative estimate of drug-likeness (QED) is 0.361. The fourth-order valence-electron chi connectivity index (χ4n) is 3.83. The van der Waals surface area contributed by atoms with E-state index in [1.807, 2.05) is 53.1 Å². The molecule has 2 heterocycles. The average Bonchev–Trinajstić information content (AvgIpc) is 3.21. The van der Waals surface area contributed by atoms with Gasteiger partial charge in [-0.05, 0) is 54.6 Å². The summed E-state index contributed by atoms with van der Waals surface area (Å²) in [6.07, 6.45) is 0. The standard InChI is InChI=1S/C26H23N5O4/c1-33-18-10-8-17(9-11-18)25(32)28-26-27-24-23(29-30-26)21-16-20(34-2)12-13-22(21)31(24)14-15-35-19-6-4-3-5-7-19/h3-13,16H,14-15H2,1-2H3,(H,27,28,30,32). The summed E-state index contributed by atoms with van der Waals surface area (Å²) < 4.78 is 18.4. The van der Waals surface area contributed by atoms with E-state index in [9.17, 15) is 4.79 Å². The Kier molecular flexibility index (Phi) is 6.13. The van der Waals surface area contributed by atoms with E-state index < -0.39 is 0 Å². The molecule has 5 rings (SSSR count). The van der Waals surface area contributed by atoms with Crippen LogP contribution in [-0.2, 0) is 6.54 Å². The van der Waals surface area contributed by atoms with Gasteiger partial charge in [-0.1, -0.05) is 18.2 Å². The molecule has 0 aliphatic carbocycles. The second-order valence-corrected chi connectivity index (χ2v) is 7.69. The van der Waals surface area contributed by atoms with Crippen molar-refractivity contribution in [3.63, 3.8) is 0 Å². The first kappa shape index (κ1) is 22.1. The number of benzene rings is 3. The maximum Gasteiger partial charge on any atom is 0.258 e. The van der Waals surface area contributed by atoms with Crippen LogP contribution < -0.4 is 19.5 Å². The number of hydrogen-bond acceptors (Lipinski definition) is 7. The number of hydrogen-bond donors (Lipinski definition) is 1. The molecule has 0 aliphatic heterocycles. The molecule has 2 aromatic heterocycles.